The van der Waals surface area contributed by atoms with Crippen molar-refractivity contribution in [1.82, 2.24) is 5.32 Å². The summed E-state index contributed by atoms with van der Waals surface area (Å²) in [5.74, 6) is -0.223. The van der Waals surface area contributed by atoms with Crippen molar-refractivity contribution in [3.8, 4) is 0 Å². The summed E-state index contributed by atoms with van der Waals surface area (Å²) in [6.45, 7) is 0.855. The Morgan fingerprint density at radius 2 is 1.42 bits per heavy atom. The Balaban J connectivity index is 2.13. The van der Waals surface area contributed by atoms with Crippen molar-refractivity contribution >= 4 is 5.97 Å². The van der Waals surface area contributed by atoms with Gasteiger partial charge in [0.2, 0.25) is 0 Å². The summed E-state index contributed by atoms with van der Waals surface area (Å²) in [6, 6.07) is 19.7. The lowest BCUT2D eigenvalue weighted by molar-refractivity contribution is -0.160. The Labute approximate surface area is 112 Å². The number of carbonyl (C=O) groups is 1. The van der Waals surface area contributed by atoms with Crippen LogP contribution in [0.15, 0.2) is 60.7 Å². The van der Waals surface area contributed by atoms with Gasteiger partial charge in [-0.15, -0.1) is 0 Å². The fourth-order valence-electron chi connectivity index (χ4n) is 2.51. The molecule has 1 aliphatic rings. The van der Waals surface area contributed by atoms with E-state index in [2.05, 4.69) is 5.32 Å². The van der Waals surface area contributed by atoms with Gasteiger partial charge in [0.25, 0.3) is 0 Å². The maximum atomic E-state index is 11.7. The van der Waals surface area contributed by atoms with Gasteiger partial charge in [0.1, 0.15) is 0 Å². The Kier molecular flexibility index (Phi) is 3.05. The Hall–Kier alpha value is -2.13. The second kappa shape index (κ2) is 4.86. The van der Waals surface area contributed by atoms with Gasteiger partial charge >= 0.3 is 5.97 Å². The lowest BCUT2D eigenvalue weighted by Crippen LogP contribution is -2.50. The average Bonchev–Trinajstić information content (AvgIpc) is 2.49. The second-order valence-electron chi connectivity index (χ2n) is 4.64. The molecule has 0 aliphatic carbocycles. The number of hydrogen-bond acceptors (Lipinski definition) is 3. The highest BCUT2D eigenvalue weighted by Gasteiger charge is 2.40. The fourth-order valence-corrected chi connectivity index (χ4v) is 2.51. The predicted octanol–water partition coefficient (Wildman–Crippen LogP) is 2.08. The molecule has 0 amide bonds. The number of nitrogens with one attached hydrogen (secondary N) is 1. The first-order valence-corrected chi connectivity index (χ1v) is 6.35. The van der Waals surface area contributed by atoms with E-state index in [4.69, 9.17) is 4.74 Å². The largest absolute Gasteiger partial charge is 0.447 e. The summed E-state index contributed by atoms with van der Waals surface area (Å²) in [7, 11) is 0. The molecule has 3 heteroatoms. The van der Waals surface area contributed by atoms with Crippen molar-refractivity contribution in [2.24, 2.45) is 0 Å². The van der Waals surface area contributed by atoms with E-state index in [0.717, 1.165) is 11.1 Å². The molecule has 0 saturated carbocycles. The number of carbonyl (C=O) groups excluding carboxylic acids is 1. The predicted molar refractivity (Wildman–Crippen MR) is 72.6 cm³/mol. The molecule has 2 aromatic carbocycles. The van der Waals surface area contributed by atoms with Gasteiger partial charge in [-0.3, -0.25) is 4.79 Å². The zero-order chi connectivity index (χ0) is 13.1. The summed E-state index contributed by atoms with van der Waals surface area (Å²) in [6.07, 6.45) is 0. The summed E-state index contributed by atoms with van der Waals surface area (Å²) < 4.78 is 5.74. The molecule has 1 N–H and O–H groups in total. The Morgan fingerprint density at radius 3 is 1.89 bits per heavy atom. The van der Waals surface area contributed by atoms with E-state index in [-0.39, 0.29) is 12.5 Å². The molecule has 0 spiro atoms. The van der Waals surface area contributed by atoms with Gasteiger partial charge in [-0.1, -0.05) is 60.7 Å². The lowest BCUT2D eigenvalue weighted by Gasteiger charge is -2.38. The van der Waals surface area contributed by atoms with E-state index in [1.54, 1.807) is 0 Å². The van der Waals surface area contributed by atoms with Crippen LogP contribution in [-0.4, -0.2) is 19.1 Å². The van der Waals surface area contributed by atoms with Crippen LogP contribution < -0.4 is 5.32 Å². The first-order chi connectivity index (χ1) is 9.31. The summed E-state index contributed by atoms with van der Waals surface area (Å²) in [5, 5.41) is 3.15. The monoisotopic (exact) mass is 253 g/mol. The van der Waals surface area contributed by atoms with E-state index >= 15 is 0 Å². The molecule has 2 aromatic rings. The standard InChI is InChI=1S/C16H15NO2/c18-15-11-17-12-16(19-15,13-7-3-1-4-8-13)14-9-5-2-6-10-14/h1-10,17H,11-12H2. The second-order valence-corrected chi connectivity index (χ2v) is 4.64. The minimum Gasteiger partial charge on any atom is -0.447 e. The summed E-state index contributed by atoms with van der Waals surface area (Å²) in [5.41, 5.74) is 1.25. The molecule has 0 unspecified atom stereocenters. The molecule has 0 radical (unpaired) electrons. The molecule has 1 saturated heterocycles. The number of esters is 1. The normalized spacial score (nSPS) is 17.8. The van der Waals surface area contributed by atoms with Crippen LogP contribution in [0, 0.1) is 0 Å². The van der Waals surface area contributed by atoms with E-state index < -0.39 is 5.60 Å². The van der Waals surface area contributed by atoms with Crippen LogP contribution in [-0.2, 0) is 15.1 Å². The number of hydrogen-bond donors (Lipinski definition) is 1. The third-order valence-electron chi connectivity index (χ3n) is 3.41. The maximum Gasteiger partial charge on any atom is 0.321 e. The molecule has 1 heterocycles. The molecule has 0 aromatic heterocycles. The van der Waals surface area contributed by atoms with Crippen molar-refractivity contribution in [3.63, 3.8) is 0 Å². The average molecular weight is 253 g/mol. The van der Waals surface area contributed by atoms with Crippen molar-refractivity contribution in [2.45, 2.75) is 5.60 Å². The lowest BCUT2D eigenvalue weighted by atomic mass is 9.85. The summed E-state index contributed by atoms with van der Waals surface area (Å²) in [4.78, 5) is 11.7. The van der Waals surface area contributed by atoms with Gasteiger partial charge in [-0.2, -0.15) is 0 Å². The summed E-state index contributed by atoms with van der Waals surface area (Å²) >= 11 is 0. The van der Waals surface area contributed by atoms with Crippen molar-refractivity contribution in [1.29, 1.82) is 0 Å². The third kappa shape index (κ3) is 2.13. The van der Waals surface area contributed by atoms with E-state index in [0.29, 0.717) is 6.54 Å². The van der Waals surface area contributed by atoms with E-state index in [1.165, 1.54) is 0 Å². The van der Waals surface area contributed by atoms with Crippen molar-refractivity contribution in [3.05, 3.63) is 71.8 Å². The first-order valence-electron chi connectivity index (χ1n) is 6.35. The number of morpholine rings is 1. The van der Waals surface area contributed by atoms with Crippen LogP contribution in [0.4, 0.5) is 0 Å². The zero-order valence-electron chi connectivity index (χ0n) is 10.5. The quantitative estimate of drug-likeness (QED) is 0.833. The molecule has 0 bridgehead atoms. The third-order valence-corrected chi connectivity index (χ3v) is 3.41. The highest BCUT2D eigenvalue weighted by atomic mass is 16.6. The molecule has 0 atom stereocenters. The molecule has 1 fully saturated rings. The minimum atomic E-state index is -0.724. The van der Waals surface area contributed by atoms with Gasteiger partial charge in [-0.05, 0) is 0 Å². The SMILES string of the molecule is O=C1CNCC(c2ccccc2)(c2ccccc2)O1. The molecular weight excluding hydrogens is 238 g/mol. The number of benzene rings is 2. The Bertz CT molecular complexity index is 526. The van der Waals surface area contributed by atoms with Crippen molar-refractivity contribution in [2.75, 3.05) is 13.1 Å². The molecule has 19 heavy (non-hydrogen) atoms. The van der Waals surface area contributed by atoms with E-state index in [9.17, 15) is 4.79 Å². The number of cyclic esters (lactones) is 1. The minimum absolute atomic E-state index is 0.223. The Morgan fingerprint density at radius 1 is 0.895 bits per heavy atom. The van der Waals surface area contributed by atoms with E-state index in [1.807, 2.05) is 60.7 Å². The van der Waals surface area contributed by atoms with Gasteiger partial charge in [0, 0.05) is 17.7 Å². The van der Waals surface area contributed by atoms with Gasteiger partial charge in [-0.25, -0.2) is 0 Å². The highest BCUT2D eigenvalue weighted by molar-refractivity contribution is 5.74. The topological polar surface area (TPSA) is 38.3 Å². The van der Waals surface area contributed by atoms with Crippen LogP contribution in [0.25, 0.3) is 0 Å². The molecule has 3 nitrogen and oxygen atoms in total. The zero-order valence-corrected chi connectivity index (χ0v) is 10.5. The molecule has 3 rings (SSSR count). The van der Waals surface area contributed by atoms with Gasteiger partial charge < -0.3 is 10.1 Å². The number of rotatable bonds is 2. The molecule has 1 aliphatic heterocycles. The fraction of sp³-hybridized carbons (Fsp3) is 0.188. The van der Waals surface area contributed by atoms with Crippen LogP contribution in [0.5, 0.6) is 0 Å². The number of ether oxygens (including phenoxy) is 1. The highest BCUT2D eigenvalue weighted by Crippen LogP contribution is 2.34. The van der Waals surface area contributed by atoms with Gasteiger partial charge in [0.15, 0.2) is 5.60 Å². The first kappa shape index (κ1) is 11.9. The van der Waals surface area contributed by atoms with Crippen molar-refractivity contribution < 1.29 is 9.53 Å². The molecular formula is C16H15NO2. The smallest absolute Gasteiger partial charge is 0.321 e. The maximum absolute atomic E-state index is 11.7. The van der Waals surface area contributed by atoms with Crippen LogP contribution in [0.1, 0.15) is 11.1 Å². The molecule has 96 valence electrons. The van der Waals surface area contributed by atoms with Crippen LogP contribution >= 0.6 is 0 Å². The van der Waals surface area contributed by atoms with Gasteiger partial charge in [0.05, 0.1) is 6.54 Å². The van der Waals surface area contributed by atoms with Crippen LogP contribution in [0.3, 0.4) is 0 Å². The van der Waals surface area contributed by atoms with Crippen LogP contribution in [0.2, 0.25) is 0 Å².